The van der Waals surface area contributed by atoms with Gasteiger partial charge in [0.15, 0.2) is 0 Å². The molecule has 5 nitrogen and oxygen atoms in total. The van der Waals surface area contributed by atoms with E-state index < -0.39 is 0 Å². The summed E-state index contributed by atoms with van der Waals surface area (Å²) in [5.41, 5.74) is 1.70. The van der Waals surface area contributed by atoms with Crippen LogP contribution in [0.5, 0.6) is 0 Å². The Labute approximate surface area is 167 Å². The summed E-state index contributed by atoms with van der Waals surface area (Å²) in [5, 5.41) is 11.2. The number of hydrogen-bond donors (Lipinski definition) is 2. The van der Waals surface area contributed by atoms with E-state index >= 15 is 0 Å². The normalized spacial score (nSPS) is 21.0. The lowest BCUT2D eigenvalue weighted by atomic mass is 9.79. The van der Waals surface area contributed by atoms with Crippen molar-refractivity contribution < 1.29 is 4.79 Å². The minimum absolute atomic E-state index is 0. The number of carbonyl (C=O) groups is 1. The molecule has 2 aliphatic rings. The Morgan fingerprint density at radius 2 is 2.00 bits per heavy atom. The Morgan fingerprint density at radius 1 is 1.19 bits per heavy atom. The molecule has 1 saturated carbocycles. The van der Waals surface area contributed by atoms with Gasteiger partial charge in [-0.2, -0.15) is 5.10 Å². The van der Waals surface area contributed by atoms with Gasteiger partial charge in [0.25, 0.3) is 5.91 Å². The van der Waals surface area contributed by atoms with Crippen molar-refractivity contribution in [2.24, 2.45) is 5.92 Å². The molecule has 0 bridgehead atoms. The number of nitrogens with one attached hydrogen (secondary N) is 2. The van der Waals surface area contributed by atoms with Gasteiger partial charge in [-0.25, -0.2) is 0 Å². The number of carbonyl (C=O) groups excluding carboxylic acids is 1. The number of benzene rings is 1. The molecule has 1 amide bonds. The quantitative estimate of drug-likeness (QED) is 0.789. The molecular formula is C21H29ClN4O. The molecule has 1 saturated heterocycles. The van der Waals surface area contributed by atoms with Crippen molar-refractivity contribution in [2.45, 2.75) is 50.6 Å². The van der Waals surface area contributed by atoms with E-state index in [1.54, 1.807) is 0 Å². The topological polar surface area (TPSA) is 59.0 Å². The van der Waals surface area contributed by atoms with E-state index in [0.29, 0.717) is 11.7 Å². The number of hydrogen-bond acceptors (Lipinski definition) is 3. The first-order chi connectivity index (χ1) is 12.8. The van der Waals surface area contributed by atoms with Gasteiger partial charge in [0.2, 0.25) is 0 Å². The van der Waals surface area contributed by atoms with Gasteiger partial charge in [-0.05, 0) is 43.4 Å². The summed E-state index contributed by atoms with van der Waals surface area (Å²) in [6.45, 7) is 2.00. The molecule has 27 heavy (non-hydrogen) atoms. The molecule has 2 N–H and O–H groups in total. The number of halogens is 1. The van der Waals surface area contributed by atoms with Gasteiger partial charge in [-0.3, -0.25) is 9.48 Å². The smallest absolute Gasteiger partial charge is 0.272 e. The standard InChI is InChI=1S/C21H28N4O.ClH/c26-21(19-11-13-25(24-19)18-10-5-12-22-15-18)23-20(14-16-6-4-7-16)17-8-2-1-3-9-17;/h1-3,8-9,11,13,16,18,20,22H,4-7,10,12,14-15H2,(H,23,26);1H. The lowest BCUT2D eigenvalue weighted by molar-refractivity contribution is 0.0919. The van der Waals surface area contributed by atoms with Crippen molar-refractivity contribution in [3.63, 3.8) is 0 Å². The number of piperidine rings is 1. The van der Waals surface area contributed by atoms with Crippen LogP contribution in [0.2, 0.25) is 0 Å². The van der Waals surface area contributed by atoms with Crippen molar-refractivity contribution in [2.75, 3.05) is 13.1 Å². The minimum atomic E-state index is -0.0688. The van der Waals surface area contributed by atoms with Crippen LogP contribution in [-0.4, -0.2) is 28.8 Å². The van der Waals surface area contributed by atoms with Crippen LogP contribution in [-0.2, 0) is 0 Å². The molecule has 1 aromatic heterocycles. The zero-order valence-electron chi connectivity index (χ0n) is 15.6. The third-order valence-corrected chi connectivity index (χ3v) is 5.79. The van der Waals surface area contributed by atoms with Gasteiger partial charge in [0, 0.05) is 12.7 Å². The molecule has 6 heteroatoms. The van der Waals surface area contributed by atoms with Gasteiger partial charge in [-0.15, -0.1) is 12.4 Å². The molecule has 0 spiro atoms. The molecule has 2 heterocycles. The Morgan fingerprint density at radius 3 is 2.67 bits per heavy atom. The SMILES string of the molecule is Cl.O=C(NC(CC1CCC1)c1ccccc1)c1ccn(C2CCCNC2)n1. The zero-order chi connectivity index (χ0) is 17.8. The summed E-state index contributed by atoms with van der Waals surface area (Å²) in [6, 6.07) is 12.6. The second kappa shape index (κ2) is 9.38. The van der Waals surface area contributed by atoms with Crippen LogP contribution < -0.4 is 10.6 Å². The fourth-order valence-corrected chi connectivity index (χ4v) is 3.98. The third kappa shape index (κ3) is 4.90. The van der Waals surface area contributed by atoms with Gasteiger partial charge >= 0.3 is 0 Å². The molecule has 0 radical (unpaired) electrons. The molecule has 1 aliphatic carbocycles. The Balaban J connectivity index is 0.00000210. The van der Waals surface area contributed by atoms with Crippen LogP contribution in [0.25, 0.3) is 0 Å². The highest BCUT2D eigenvalue weighted by Gasteiger charge is 2.25. The van der Waals surface area contributed by atoms with E-state index in [1.807, 2.05) is 35.1 Å². The van der Waals surface area contributed by atoms with Crippen LogP contribution in [0.4, 0.5) is 0 Å². The number of rotatable bonds is 6. The molecule has 4 rings (SSSR count). The average molecular weight is 389 g/mol. The maximum Gasteiger partial charge on any atom is 0.272 e. The molecule has 1 aromatic carbocycles. The van der Waals surface area contributed by atoms with Crippen molar-refractivity contribution in [1.29, 1.82) is 0 Å². The second-order valence-electron chi connectivity index (χ2n) is 7.65. The van der Waals surface area contributed by atoms with E-state index in [1.165, 1.54) is 24.8 Å². The molecule has 2 fully saturated rings. The summed E-state index contributed by atoms with van der Waals surface area (Å²) >= 11 is 0. The van der Waals surface area contributed by atoms with Crippen LogP contribution in [0.1, 0.15) is 66.7 Å². The van der Waals surface area contributed by atoms with Crippen molar-refractivity contribution >= 4 is 18.3 Å². The summed E-state index contributed by atoms with van der Waals surface area (Å²) in [6.07, 6.45) is 9.11. The van der Waals surface area contributed by atoms with Gasteiger partial charge in [-0.1, -0.05) is 49.6 Å². The van der Waals surface area contributed by atoms with Crippen LogP contribution in [0.3, 0.4) is 0 Å². The molecule has 1 aliphatic heterocycles. The predicted octanol–water partition coefficient (Wildman–Crippen LogP) is 3.89. The van der Waals surface area contributed by atoms with E-state index in [4.69, 9.17) is 0 Å². The van der Waals surface area contributed by atoms with Crippen LogP contribution in [0.15, 0.2) is 42.6 Å². The highest BCUT2D eigenvalue weighted by atomic mass is 35.5. The number of aromatic nitrogens is 2. The van der Waals surface area contributed by atoms with E-state index in [9.17, 15) is 4.79 Å². The monoisotopic (exact) mass is 388 g/mol. The summed E-state index contributed by atoms with van der Waals surface area (Å²) in [5.74, 6) is 0.659. The first-order valence-corrected chi connectivity index (χ1v) is 9.91. The molecule has 2 atom stereocenters. The highest BCUT2D eigenvalue weighted by Crippen LogP contribution is 2.34. The van der Waals surface area contributed by atoms with Crippen molar-refractivity contribution in [3.05, 3.63) is 53.9 Å². The summed E-state index contributed by atoms with van der Waals surface area (Å²) in [4.78, 5) is 12.8. The molecule has 2 unspecified atom stereocenters. The largest absolute Gasteiger partial charge is 0.344 e. The van der Waals surface area contributed by atoms with Crippen LogP contribution >= 0.6 is 12.4 Å². The molecule has 2 aromatic rings. The van der Waals surface area contributed by atoms with Crippen LogP contribution in [0, 0.1) is 5.92 Å². The number of amides is 1. The minimum Gasteiger partial charge on any atom is -0.344 e. The first kappa shape index (κ1) is 19.9. The fraction of sp³-hybridized carbons (Fsp3) is 0.524. The van der Waals surface area contributed by atoms with Crippen molar-refractivity contribution in [1.82, 2.24) is 20.4 Å². The van der Waals surface area contributed by atoms with E-state index in [0.717, 1.165) is 38.3 Å². The predicted molar refractivity (Wildman–Crippen MR) is 109 cm³/mol. The fourth-order valence-electron chi connectivity index (χ4n) is 3.98. The summed E-state index contributed by atoms with van der Waals surface area (Å²) < 4.78 is 1.95. The lowest BCUT2D eigenvalue weighted by Gasteiger charge is -2.30. The zero-order valence-corrected chi connectivity index (χ0v) is 16.5. The Bertz CT molecular complexity index is 723. The second-order valence-corrected chi connectivity index (χ2v) is 7.65. The van der Waals surface area contributed by atoms with Crippen molar-refractivity contribution in [3.8, 4) is 0 Å². The van der Waals surface area contributed by atoms with Gasteiger partial charge in [0.1, 0.15) is 5.69 Å². The lowest BCUT2D eigenvalue weighted by Crippen LogP contribution is -2.33. The average Bonchev–Trinajstić information content (AvgIpc) is 3.15. The highest BCUT2D eigenvalue weighted by molar-refractivity contribution is 5.92. The maximum absolute atomic E-state index is 12.8. The first-order valence-electron chi connectivity index (χ1n) is 9.91. The van der Waals surface area contributed by atoms with Gasteiger partial charge < -0.3 is 10.6 Å². The summed E-state index contributed by atoms with van der Waals surface area (Å²) in [7, 11) is 0. The van der Waals surface area contributed by atoms with E-state index in [2.05, 4.69) is 27.9 Å². The third-order valence-electron chi connectivity index (χ3n) is 5.79. The maximum atomic E-state index is 12.8. The molecule has 146 valence electrons. The Hall–Kier alpha value is -1.85. The molecular weight excluding hydrogens is 360 g/mol. The van der Waals surface area contributed by atoms with E-state index in [-0.39, 0.29) is 24.4 Å². The Kier molecular flexibility index (Phi) is 6.91. The van der Waals surface area contributed by atoms with Gasteiger partial charge in [0.05, 0.1) is 12.1 Å². The number of nitrogens with zero attached hydrogens (tertiary/aromatic N) is 2.